The van der Waals surface area contributed by atoms with Gasteiger partial charge in [-0.15, -0.1) is 0 Å². The van der Waals surface area contributed by atoms with Crippen molar-refractivity contribution in [3.63, 3.8) is 0 Å². The van der Waals surface area contributed by atoms with Gasteiger partial charge in [0.05, 0.1) is 0 Å². The van der Waals surface area contributed by atoms with Crippen LogP contribution in [-0.2, 0) is 18.1 Å². The summed E-state index contributed by atoms with van der Waals surface area (Å²) in [7, 11) is 1.48. The Kier molecular flexibility index (Phi) is 4.29. The van der Waals surface area contributed by atoms with Crippen molar-refractivity contribution < 1.29 is 16.8 Å². The molecule has 0 fully saturated rings. The lowest BCUT2D eigenvalue weighted by Crippen LogP contribution is -2.22. The van der Waals surface area contributed by atoms with Crippen LogP contribution in [0.3, 0.4) is 0 Å². The van der Waals surface area contributed by atoms with Gasteiger partial charge >= 0.3 is 0 Å². The average molecular weight is 255 g/mol. The Balaban J connectivity index is 4.97. The lowest BCUT2D eigenvalue weighted by molar-refractivity contribution is 0.583. The monoisotopic (exact) mass is 254 g/mol. The molecule has 0 atom stereocenters. The summed E-state index contributed by atoms with van der Waals surface area (Å²) < 4.78 is 41.0. The molecule has 4 nitrogen and oxygen atoms in total. The number of hydrogen-bond donors (Lipinski definition) is 0. The first-order valence-electron chi connectivity index (χ1n) is 3.06. The predicted molar refractivity (Wildman–Crippen MR) is 48.2 cm³/mol. The van der Waals surface area contributed by atoms with Gasteiger partial charge in [0.25, 0.3) is 18.1 Å². The zero-order valence-electron chi connectivity index (χ0n) is 6.20. The van der Waals surface area contributed by atoms with Crippen molar-refractivity contribution in [2.24, 2.45) is 0 Å². The van der Waals surface area contributed by atoms with Gasteiger partial charge < -0.3 is 0 Å². The van der Waals surface area contributed by atoms with Crippen LogP contribution in [0, 0.1) is 0 Å². The average Bonchev–Trinajstić information content (AvgIpc) is 1.77. The molecule has 12 heavy (non-hydrogen) atoms. The third kappa shape index (κ3) is 3.93. The van der Waals surface area contributed by atoms with Gasteiger partial charge in [0.15, 0.2) is 4.58 Å². The van der Waals surface area contributed by atoms with E-state index in [2.05, 4.69) is 0 Å². The molecule has 0 aliphatic rings. The Hall–Kier alpha value is 0.480. The van der Waals surface area contributed by atoms with Crippen LogP contribution < -0.4 is 0 Å². The summed E-state index contributed by atoms with van der Waals surface area (Å²) in [5.41, 5.74) is 0. The van der Waals surface area contributed by atoms with Gasteiger partial charge in [-0.2, -0.15) is 0 Å². The molecular formula is C4H8Cl2O4S2. The lowest BCUT2D eigenvalue weighted by Gasteiger charge is -2.07. The van der Waals surface area contributed by atoms with E-state index in [9.17, 15) is 16.8 Å². The van der Waals surface area contributed by atoms with E-state index < -0.39 is 22.7 Å². The highest BCUT2D eigenvalue weighted by molar-refractivity contribution is 8.28. The lowest BCUT2D eigenvalue weighted by atomic mass is 10.4. The first-order chi connectivity index (χ1) is 5.19. The summed E-state index contributed by atoms with van der Waals surface area (Å²) in [6.07, 6.45) is 0.292. The molecule has 0 aromatic carbocycles. The minimum atomic E-state index is -4.13. The van der Waals surface area contributed by atoms with Crippen LogP contribution in [0.5, 0.6) is 0 Å². The van der Waals surface area contributed by atoms with E-state index in [0.717, 1.165) is 0 Å². The Morgan fingerprint density at radius 1 is 1.08 bits per heavy atom. The van der Waals surface area contributed by atoms with Gasteiger partial charge in [-0.25, -0.2) is 16.8 Å². The molecule has 74 valence electrons. The van der Waals surface area contributed by atoms with Crippen LogP contribution in [0.4, 0.5) is 0 Å². The van der Waals surface area contributed by atoms with Crippen molar-refractivity contribution in [2.45, 2.75) is 24.3 Å². The minimum Gasteiger partial charge on any atom is -0.211 e. The quantitative estimate of drug-likeness (QED) is 0.709. The second kappa shape index (κ2) is 4.13. The van der Waals surface area contributed by atoms with Crippen LogP contribution >= 0.6 is 21.4 Å². The standard InChI is InChI=1S/C4H8Cl2O4S2/c1-2-3-4(11(5,7)8)12(6,9)10/h4H,2-3H2,1H3. The summed E-state index contributed by atoms with van der Waals surface area (Å²) >= 11 is 0. The molecule has 0 spiro atoms. The zero-order valence-corrected chi connectivity index (χ0v) is 9.34. The van der Waals surface area contributed by atoms with Gasteiger partial charge in [-0.3, -0.25) is 0 Å². The maximum atomic E-state index is 10.7. The Bertz CT molecular complexity index is 298. The summed E-state index contributed by atoms with van der Waals surface area (Å²) in [5, 5.41) is 0. The van der Waals surface area contributed by atoms with E-state index in [1.807, 2.05) is 0 Å². The number of rotatable bonds is 4. The van der Waals surface area contributed by atoms with Gasteiger partial charge in [0.2, 0.25) is 0 Å². The van der Waals surface area contributed by atoms with Crippen LogP contribution in [0.1, 0.15) is 19.8 Å². The van der Waals surface area contributed by atoms with Crippen molar-refractivity contribution in [1.29, 1.82) is 0 Å². The van der Waals surface area contributed by atoms with Crippen LogP contribution in [0.15, 0.2) is 0 Å². The highest BCUT2D eigenvalue weighted by Crippen LogP contribution is 2.22. The van der Waals surface area contributed by atoms with E-state index in [4.69, 9.17) is 21.4 Å². The third-order valence-corrected chi connectivity index (χ3v) is 6.32. The summed E-state index contributed by atoms with van der Waals surface area (Å²) in [5.74, 6) is 0. The fourth-order valence-electron chi connectivity index (χ4n) is 0.655. The van der Waals surface area contributed by atoms with E-state index >= 15 is 0 Å². The van der Waals surface area contributed by atoms with Gasteiger partial charge in [0.1, 0.15) is 0 Å². The van der Waals surface area contributed by atoms with E-state index in [1.165, 1.54) is 0 Å². The van der Waals surface area contributed by atoms with E-state index in [1.54, 1.807) is 6.92 Å². The maximum Gasteiger partial charge on any atom is 0.251 e. The molecule has 0 heterocycles. The Morgan fingerprint density at radius 3 is 1.50 bits per heavy atom. The van der Waals surface area contributed by atoms with Crippen LogP contribution in [0.25, 0.3) is 0 Å². The highest BCUT2D eigenvalue weighted by atomic mass is 35.7. The highest BCUT2D eigenvalue weighted by Gasteiger charge is 2.34. The van der Waals surface area contributed by atoms with Crippen LogP contribution in [-0.4, -0.2) is 21.4 Å². The topological polar surface area (TPSA) is 68.3 Å². The molecule has 0 aliphatic carbocycles. The van der Waals surface area contributed by atoms with Crippen molar-refractivity contribution >= 4 is 39.5 Å². The zero-order chi connectivity index (χ0) is 9.99. The first kappa shape index (κ1) is 12.5. The molecular weight excluding hydrogens is 247 g/mol. The largest absolute Gasteiger partial charge is 0.251 e. The van der Waals surface area contributed by atoms with Gasteiger partial charge in [-0.05, 0) is 6.42 Å². The van der Waals surface area contributed by atoms with Crippen molar-refractivity contribution in [3.8, 4) is 0 Å². The molecule has 0 unspecified atom stereocenters. The molecule has 0 saturated heterocycles. The van der Waals surface area contributed by atoms with Gasteiger partial charge in [-0.1, -0.05) is 13.3 Å². The second-order valence-corrected chi connectivity index (χ2v) is 8.09. The third-order valence-electron chi connectivity index (χ3n) is 1.15. The van der Waals surface area contributed by atoms with Gasteiger partial charge in [0, 0.05) is 21.4 Å². The molecule has 0 aromatic heterocycles. The molecule has 0 aromatic rings. The molecule has 0 amide bonds. The number of hydrogen-bond acceptors (Lipinski definition) is 4. The fourth-order valence-corrected chi connectivity index (χ4v) is 5.38. The molecule has 0 bridgehead atoms. The first-order valence-corrected chi connectivity index (χ1v) is 7.81. The molecule has 0 aliphatic heterocycles. The maximum absolute atomic E-state index is 10.7. The Labute approximate surface area is 80.7 Å². The van der Waals surface area contributed by atoms with Crippen molar-refractivity contribution in [3.05, 3.63) is 0 Å². The molecule has 0 radical (unpaired) electrons. The summed E-state index contributed by atoms with van der Waals surface area (Å²) in [4.78, 5) is 0. The fraction of sp³-hybridized carbons (Fsp3) is 1.00. The Morgan fingerprint density at radius 2 is 1.42 bits per heavy atom. The molecule has 0 saturated carbocycles. The number of halogens is 2. The van der Waals surface area contributed by atoms with Crippen LogP contribution in [0.2, 0.25) is 0 Å². The molecule has 0 N–H and O–H groups in total. The summed E-state index contributed by atoms with van der Waals surface area (Å²) in [6.45, 7) is 1.64. The predicted octanol–water partition coefficient (Wildman–Crippen LogP) is 1.25. The normalized spacial score (nSPS) is 13.7. The molecule has 0 rings (SSSR count). The van der Waals surface area contributed by atoms with E-state index in [0.29, 0.717) is 6.42 Å². The summed E-state index contributed by atoms with van der Waals surface area (Å²) in [6, 6.07) is 0. The minimum absolute atomic E-state index is 0.0856. The SMILES string of the molecule is CCCC(S(=O)(=O)Cl)S(=O)(=O)Cl. The van der Waals surface area contributed by atoms with E-state index in [-0.39, 0.29) is 6.42 Å². The van der Waals surface area contributed by atoms with Crippen molar-refractivity contribution in [1.82, 2.24) is 0 Å². The molecule has 8 heteroatoms. The smallest absolute Gasteiger partial charge is 0.211 e. The second-order valence-electron chi connectivity index (χ2n) is 2.17. The van der Waals surface area contributed by atoms with Crippen molar-refractivity contribution in [2.75, 3.05) is 0 Å².